The molecular weight excluding hydrogens is 95.0 g/mol. The van der Waals surface area contributed by atoms with Gasteiger partial charge in [-0.2, -0.15) is 0 Å². The third-order valence-electron chi connectivity index (χ3n) is 0.494. The van der Waals surface area contributed by atoms with E-state index in [0.29, 0.717) is 0 Å². The van der Waals surface area contributed by atoms with Crippen molar-refractivity contribution in [2.75, 3.05) is 20.4 Å². The van der Waals surface area contributed by atoms with Gasteiger partial charge in [-0.3, -0.25) is 0 Å². The van der Waals surface area contributed by atoms with Crippen molar-refractivity contribution < 1.29 is 4.52 Å². The van der Waals surface area contributed by atoms with Gasteiger partial charge in [0.15, 0.2) is 0 Å². The molecule has 2 heteroatoms. The second-order valence-corrected chi connectivity index (χ2v) is 5.27. The van der Waals surface area contributed by atoms with Crippen LogP contribution in [0.2, 0.25) is 0 Å². The van der Waals surface area contributed by atoms with Crippen molar-refractivity contribution in [3.63, 3.8) is 0 Å². The maximum absolute atomic E-state index is 4.94. The molecule has 0 aromatic heterocycles. The molecule has 0 heterocycles. The molecule has 0 atom stereocenters. The van der Waals surface area contributed by atoms with Gasteiger partial charge >= 0.3 is 0 Å². The summed E-state index contributed by atoms with van der Waals surface area (Å²) in [7, 11) is 0.549. The van der Waals surface area contributed by atoms with Crippen LogP contribution >= 0.6 is 7.11 Å². The van der Waals surface area contributed by atoms with E-state index in [4.69, 9.17) is 4.52 Å². The summed E-state index contributed by atoms with van der Waals surface area (Å²) in [6.07, 6.45) is 3.78. The molecule has 0 amide bonds. The van der Waals surface area contributed by atoms with Crippen LogP contribution in [-0.2, 0) is 4.52 Å². The average Bonchev–Trinajstić information content (AvgIpc) is 1.35. The van der Waals surface area contributed by atoms with Gasteiger partial charge in [-0.1, -0.05) is 6.30 Å². The monoisotopic (exact) mass is 106 g/mol. The maximum atomic E-state index is 4.94. The van der Waals surface area contributed by atoms with Crippen molar-refractivity contribution in [3.8, 4) is 0 Å². The van der Waals surface area contributed by atoms with Crippen LogP contribution in [0.5, 0.6) is 0 Å². The van der Waals surface area contributed by atoms with Gasteiger partial charge in [0.25, 0.3) is 0 Å². The summed E-state index contributed by atoms with van der Waals surface area (Å²) in [6.45, 7) is 4.04. The van der Waals surface area contributed by atoms with Gasteiger partial charge in [0.05, 0.1) is 0 Å². The van der Waals surface area contributed by atoms with E-state index in [9.17, 15) is 0 Å². The van der Waals surface area contributed by atoms with Gasteiger partial charge in [-0.25, -0.2) is 0 Å². The second kappa shape index (κ2) is 1.81. The summed E-state index contributed by atoms with van der Waals surface area (Å²) < 4.78 is 4.94. The third kappa shape index (κ3) is 4.26. The Labute approximate surface area is 39.4 Å². The Kier molecular flexibility index (Phi) is 1.89. The first-order valence-electron chi connectivity index (χ1n) is 1.80. The summed E-state index contributed by atoms with van der Waals surface area (Å²) in [4.78, 5) is 0. The van der Waals surface area contributed by atoms with E-state index >= 15 is 0 Å². The molecule has 0 fully saturated rings. The summed E-state index contributed by atoms with van der Waals surface area (Å²) in [5.41, 5.74) is 0. The first kappa shape index (κ1) is 6.26. The molecule has 0 radical (unpaired) electrons. The second-order valence-electron chi connectivity index (χ2n) is 1.76. The Morgan fingerprint density at radius 2 is 1.67 bits per heavy atom. The fourth-order valence-corrected chi connectivity index (χ4v) is 0. The summed E-state index contributed by atoms with van der Waals surface area (Å²) in [5.74, 6) is 0. The first-order chi connectivity index (χ1) is 2.56. The van der Waals surface area contributed by atoms with Crippen LogP contribution in [0, 0.1) is 0 Å². The Bertz CT molecular complexity index is 71.6. The lowest BCUT2D eigenvalue weighted by molar-refractivity contribution is 0.465. The third-order valence-corrected chi connectivity index (χ3v) is 1.48. The minimum absolute atomic E-state index is 1.15. The maximum Gasteiger partial charge on any atom is 0.0396 e. The largest absolute Gasteiger partial charge is 0.366 e. The summed E-state index contributed by atoms with van der Waals surface area (Å²) in [6, 6.07) is 0. The number of rotatable bonds is 1. The molecule has 0 aliphatic rings. The molecule has 0 aliphatic heterocycles. The molecule has 0 saturated carbocycles. The molecule has 0 aromatic rings. The Morgan fingerprint density at radius 1 is 1.50 bits per heavy atom. The molecule has 0 aromatic carbocycles. The zero-order valence-corrected chi connectivity index (χ0v) is 5.46. The smallest absolute Gasteiger partial charge is 0.0396 e. The highest BCUT2D eigenvalue weighted by Crippen LogP contribution is 2.34. The molecule has 0 rings (SSSR count). The topological polar surface area (TPSA) is 9.23 Å². The minimum Gasteiger partial charge on any atom is -0.366 e. The van der Waals surface area contributed by atoms with Crippen LogP contribution in [0.3, 0.4) is 0 Å². The van der Waals surface area contributed by atoms with Gasteiger partial charge in [-0.05, 0) is 20.4 Å². The van der Waals surface area contributed by atoms with Crippen LogP contribution < -0.4 is 0 Å². The standard InChI is InChI=1S/C4H11OP/c1-5-6(2,3)4/h2H2,1,3-4H3. The van der Waals surface area contributed by atoms with Crippen molar-refractivity contribution in [3.05, 3.63) is 0 Å². The minimum atomic E-state index is -1.15. The van der Waals surface area contributed by atoms with Crippen molar-refractivity contribution in [2.24, 2.45) is 0 Å². The Balaban J connectivity index is 3.48. The highest BCUT2D eigenvalue weighted by atomic mass is 31.2. The molecule has 0 N–H and O–H groups in total. The first-order valence-corrected chi connectivity index (χ1v) is 4.59. The molecule has 1 nitrogen and oxygen atoms in total. The van der Waals surface area contributed by atoms with Crippen molar-refractivity contribution in [1.29, 1.82) is 0 Å². The Morgan fingerprint density at radius 3 is 1.67 bits per heavy atom. The SMILES string of the molecule is C=P(C)(C)OC. The molecular formula is C4H11OP. The lowest BCUT2D eigenvalue weighted by Crippen LogP contribution is -1.75. The van der Waals surface area contributed by atoms with E-state index < -0.39 is 7.11 Å². The fraction of sp³-hybridized carbons (Fsp3) is 0.750. The van der Waals surface area contributed by atoms with E-state index in [1.165, 1.54) is 0 Å². The predicted octanol–water partition coefficient (Wildman–Crippen LogP) is 1.26. The van der Waals surface area contributed by atoms with Crippen LogP contribution in [-0.4, -0.2) is 26.7 Å². The quantitative estimate of drug-likeness (QED) is 0.457. The summed E-state index contributed by atoms with van der Waals surface area (Å²) in [5, 5.41) is 0. The molecule has 0 aliphatic carbocycles. The fourth-order valence-electron chi connectivity index (χ4n) is 0. The van der Waals surface area contributed by atoms with Gasteiger partial charge in [0, 0.05) is 7.11 Å². The van der Waals surface area contributed by atoms with Crippen molar-refractivity contribution in [1.82, 2.24) is 0 Å². The highest BCUT2D eigenvalue weighted by Gasteiger charge is 1.89. The van der Waals surface area contributed by atoms with Crippen molar-refractivity contribution in [2.45, 2.75) is 0 Å². The Hall–Kier alpha value is 0.260. The molecule has 0 unspecified atom stereocenters. The molecule has 0 bridgehead atoms. The number of hydrogen-bond acceptors (Lipinski definition) is 1. The van der Waals surface area contributed by atoms with Crippen LogP contribution in [0.25, 0.3) is 0 Å². The lowest BCUT2D eigenvalue weighted by Gasteiger charge is -2.06. The van der Waals surface area contributed by atoms with Gasteiger partial charge in [0.2, 0.25) is 0 Å². The highest BCUT2D eigenvalue weighted by molar-refractivity contribution is 7.67. The van der Waals surface area contributed by atoms with Crippen LogP contribution in [0.1, 0.15) is 0 Å². The summed E-state index contributed by atoms with van der Waals surface area (Å²) >= 11 is 0. The normalized spacial score (nSPS) is 11.8. The van der Waals surface area contributed by atoms with Gasteiger partial charge in [-0.15, -0.1) is 0 Å². The van der Waals surface area contributed by atoms with E-state index in [1.807, 2.05) is 13.3 Å². The van der Waals surface area contributed by atoms with Crippen LogP contribution in [0.4, 0.5) is 0 Å². The zero-order valence-electron chi connectivity index (χ0n) is 4.56. The van der Waals surface area contributed by atoms with E-state index in [-0.39, 0.29) is 0 Å². The van der Waals surface area contributed by atoms with E-state index in [1.54, 1.807) is 7.11 Å². The molecule has 6 heavy (non-hydrogen) atoms. The molecule has 0 saturated heterocycles. The molecule has 0 spiro atoms. The van der Waals surface area contributed by atoms with Crippen LogP contribution in [0.15, 0.2) is 0 Å². The number of hydrogen-bond donors (Lipinski definition) is 0. The van der Waals surface area contributed by atoms with Gasteiger partial charge < -0.3 is 4.52 Å². The molecule has 38 valence electrons. The van der Waals surface area contributed by atoms with Crippen molar-refractivity contribution >= 4 is 13.4 Å². The van der Waals surface area contributed by atoms with E-state index in [0.717, 1.165) is 0 Å². The average molecular weight is 106 g/mol. The van der Waals surface area contributed by atoms with E-state index in [2.05, 4.69) is 6.30 Å². The predicted molar refractivity (Wildman–Crippen MR) is 32.9 cm³/mol. The zero-order chi connectivity index (χ0) is 5.21. The lowest BCUT2D eigenvalue weighted by atomic mass is 11.8. The van der Waals surface area contributed by atoms with Gasteiger partial charge in [0.1, 0.15) is 0 Å².